The molecule has 0 aliphatic carbocycles. The second kappa shape index (κ2) is 12.3. The Hall–Kier alpha value is -4.42. The minimum atomic E-state index is -1.40. The van der Waals surface area contributed by atoms with Crippen LogP contribution in [0.2, 0.25) is 0 Å². The third kappa shape index (κ3) is 5.62. The molecule has 1 aliphatic heterocycles. The molecule has 3 aromatic carbocycles. The van der Waals surface area contributed by atoms with Crippen LogP contribution < -0.4 is 25.2 Å². The SMILES string of the molecule is COc1ccccc1-c1cccc(C(=O)Nc2cc3ccc(O[C@@H]4OC(C)(C)[C@H](OC)[C@@H](O)[C@@H]4O)c(C)c3oc2=O)c1OC. The van der Waals surface area contributed by atoms with Gasteiger partial charge in [0.25, 0.3) is 5.91 Å². The van der Waals surface area contributed by atoms with Crippen molar-refractivity contribution in [2.24, 2.45) is 0 Å². The maximum atomic E-state index is 13.4. The second-order valence-electron chi connectivity index (χ2n) is 10.9. The minimum absolute atomic E-state index is 0.0677. The van der Waals surface area contributed by atoms with Gasteiger partial charge in [0.05, 0.1) is 25.4 Å². The van der Waals surface area contributed by atoms with Crippen molar-refractivity contribution < 1.29 is 43.1 Å². The first-order valence-electron chi connectivity index (χ1n) is 13.9. The normalized spacial score (nSPS) is 21.1. The molecule has 0 saturated carbocycles. The van der Waals surface area contributed by atoms with Gasteiger partial charge in [-0.15, -0.1) is 0 Å². The predicted molar refractivity (Wildman–Crippen MR) is 163 cm³/mol. The molecule has 232 valence electrons. The van der Waals surface area contributed by atoms with E-state index in [9.17, 15) is 19.8 Å². The average Bonchev–Trinajstić information content (AvgIpc) is 3.01. The number of benzene rings is 3. The van der Waals surface area contributed by atoms with E-state index in [2.05, 4.69) is 5.32 Å². The third-order valence-corrected chi connectivity index (χ3v) is 7.75. The van der Waals surface area contributed by atoms with E-state index in [4.69, 9.17) is 28.1 Å². The molecule has 4 atom stereocenters. The Labute approximate surface area is 253 Å². The van der Waals surface area contributed by atoms with Crippen LogP contribution in [0.1, 0.15) is 29.8 Å². The van der Waals surface area contributed by atoms with Crippen molar-refractivity contribution in [1.82, 2.24) is 0 Å². The third-order valence-electron chi connectivity index (χ3n) is 7.75. The van der Waals surface area contributed by atoms with E-state index in [1.54, 1.807) is 52.1 Å². The second-order valence-corrected chi connectivity index (χ2v) is 10.9. The first-order chi connectivity index (χ1) is 21.0. The number of aliphatic hydroxyl groups is 2. The molecule has 1 aliphatic rings. The molecular weight excluding hydrogens is 570 g/mol. The summed E-state index contributed by atoms with van der Waals surface area (Å²) < 4.78 is 33.9. The van der Waals surface area contributed by atoms with Gasteiger partial charge in [0.15, 0.2) is 0 Å². The molecular formula is C33H35NO10. The fraction of sp³-hybridized carbons (Fsp3) is 0.333. The summed E-state index contributed by atoms with van der Waals surface area (Å²) in [6.07, 6.45) is -4.64. The van der Waals surface area contributed by atoms with Crippen LogP contribution in [0.25, 0.3) is 22.1 Å². The molecule has 0 spiro atoms. The van der Waals surface area contributed by atoms with Crippen LogP contribution in [0.4, 0.5) is 5.69 Å². The fourth-order valence-electron chi connectivity index (χ4n) is 5.55. The lowest BCUT2D eigenvalue weighted by molar-refractivity contribution is -0.306. The number of para-hydroxylation sites is 2. The molecule has 11 heteroatoms. The van der Waals surface area contributed by atoms with Gasteiger partial charge in [0.2, 0.25) is 6.29 Å². The van der Waals surface area contributed by atoms with Crippen molar-refractivity contribution >= 4 is 22.6 Å². The van der Waals surface area contributed by atoms with Gasteiger partial charge in [-0.1, -0.05) is 30.3 Å². The van der Waals surface area contributed by atoms with Crippen molar-refractivity contribution in [2.75, 3.05) is 26.6 Å². The average molecular weight is 606 g/mol. The van der Waals surface area contributed by atoms with Crippen molar-refractivity contribution in [1.29, 1.82) is 0 Å². The Morgan fingerprint density at radius 3 is 2.34 bits per heavy atom. The Morgan fingerprint density at radius 1 is 0.909 bits per heavy atom. The van der Waals surface area contributed by atoms with E-state index in [1.807, 2.05) is 30.3 Å². The van der Waals surface area contributed by atoms with E-state index in [-0.39, 0.29) is 22.6 Å². The molecule has 2 heterocycles. The summed E-state index contributed by atoms with van der Waals surface area (Å²) in [5.41, 5.74) is 0.470. The lowest BCUT2D eigenvalue weighted by atomic mass is 9.89. The highest BCUT2D eigenvalue weighted by atomic mass is 16.7. The molecule has 0 bridgehead atoms. The number of nitrogens with one attached hydrogen (secondary N) is 1. The number of hydrogen-bond acceptors (Lipinski definition) is 10. The van der Waals surface area contributed by atoms with Gasteiger partial charge >= 0.3 is 5.63 Å². The monoisotopic (exact) mass is 605 g/mol. The van der Waals surface area contributed by atoms with Gasteiger partial charge in [-0.05, 0) is 51.1 Å². The first-order valence-corrected chi connectivity index (χ1v) is 13.9. The van der Waals surface area contributed by atoms with Crippen molar-refractivity contribution in [3.05, 3.63) is 82.2 Å². The van der Waals surface area contributed by atoms with E-state index in [0.717, 1.165) is 5.56 Å². The van der Waals surface area contributed by atoms with Crippen molar-refractivity contribution in [3.63, 3.8) is 0 Å². The van der Waals surface area contributed by atoms with Crippen LogP contribution in [0.3, 0.4) is 0 Å². The van der Waals surface area contributed by atoms with Crippen LogP contribution >= 0.6 is 0 Å². The zero-order valence-electron chi connectivity index (χ0n) is 25.2. The van der Waals surface area contributed by atoms with E-state index in [1.165, 1.54) is 20.3 Å². The summed E-state index contributed by atoms with van der Waals surface area (Å²) in [5, 5.41) is 24.4. The smallest absolute Gasteiger partial charge is 0.360 e. The zero-order chi connectivity index (χ0) is 31.8. The fourth-order valence-corrected chi connectivity index (χ4v) is 5.55. The number of rotatable bonds is 8. The quantitative estimate of drug-likeness (QED) is 0.249. The molecule has 0 unspecified atom stereocenters. The van der Waals surface area contributed by atoms with E-state index in [0.29, 0.717) is 28.0 Å². The number of anilines is 1. The Balaban J connectivity index is 1.42. The van der Waals surface area contributed by atoms with Gasteiger partial charge in [0, 0.05) is 29.2 Å². The molecule has 5 rings (SSSR count). The number of carbonyl (C=O) groups is 1. The summed E-state index contributed by atoms with van der Waals surface area (Å²) in [5.74, 6) is 0.634. The molecule has 0 radical (unpaired) electrons. The maximum Gasteiger partial charge on any atom is 0.360 e. The molecule has 44 heavy (non-hydrogen) atoms. The van der Waals surface area contributed by atoms with Crippen LogP contribution in [-0.2, 0) is 9.47 Å². The Morgan fingerprint density at radius 2 is 1.64 bits per heavy atom. The number of aliphatic hydroxyl groups excluding tert-OH is 2. The standard InChI is InChI=1S/C33H35NO10/c1-17-23(42-32-26(36)25(35)29(41-6)33(2,3)44-32)15-14-18-16-22(31(38)43-27(17)18)34-30(37)21-12-9-11-20(28(21)40-5)19-10-7-8-13-24(19)39-4/h7-16,25-26,29,32,35-36H,1-6H3,(H,34,37)/t25-,26-,29+,32+/m0/s1. The zero-order valence-corrected chi connectivity index (χ0v) is 25.2. The van der Waals surface area contributed by atoms with Gasteiger partial charge in [0.1, 0.15) is 46.8 Å². The summed E-state index contributed by atoms with van der Waals surface area (Å²) in [6, 6.07) is 17.3. The molecule has 1 amide bonds. The number of amides is 1. The van der Waals surface area contributed by atoms with Gasteiger partial charge in [-0.25, -0.2) is 4.79 Å². The summed E-state index contributed by atoms with van der Waals surface area (Å²) in [7, 11) is 4.45. The van der Waals surface area contributed by atoms with Crippen molar-refractivity contribution in [2.45, 2.75) is 51.0 Å². The van der Waals surface area contributed by atoms with E-state index >= 15 is 0 Å². The summed E-state index contributed by atoms with van der Waals surface area (Å²) in [4.78, 5) is 26.5. The van der Waals surface area contributed by atoms with Crippen LogP contribution in [0.5, 0.6) is 17.2 Å². The lowest BCUT2D eigenvalue weighted by Gasteiger charge is -2.46. The van der Waals surface area contributed by atoms with Gasteiger partial charge < -0.3 is 43.6 Å². The number of hydrogen-bond donors (Lipinski definition) is 3. The number of aryl methyl sites for hydroxylation is 1. The van der Waals surface area contributed by atoms with Crippen molar-refractivity contribution in [3.8, 4) is 28.4 Å². The number of carbonyl (C=O) groups excluding carboxylic acids is 1. The minimum Gasteiger partial charge on any atom is -0.496 e. The first kappa shape index (κ1) is 31.0. The predicted octanol–water partition coefficient (Wildman–Crippen LogP) is 4.29. The number of ether oxygens (including phenoxy) is 5. The Kier molecular flexibility index (Phi) is 8.66. The topological polar surface area (TPSA) is 146 Å². The molecule has 1 fully saturated rings. The van der Waals surface area contributed by atoms with Crippen LogP contribution in [0, 0.1) is 6.92 Å². The highest BCUT2D eigenvalue weighted by molar-refractivity contribution is 6.08. The molecule has 1 saturated heterocycles. The molecule has 1 aromatic heterocycles. The molecule has 3 N–H and O–H groups in total. The number of methoxy groups -OCH3 is 3. The maximum absolute atomic E-state index is 13.4. The largest absolute Gasteiger partial charge is 0.496 e. The highest BCUT2D eigenvalue weighted by Crippen LogP contribution is 2.39. The van der Waals surface area contributed by atoms with Gasteiger partial charge in [-0.2, -0.15) is 0 Å². The number of fused-ring (bicyclic) bond motifs is 1. The Bertz CT molecular complexity index is 1750. The molecule has 4 aromatic rings. The summed E-state index contributed by atoms with van der Waals surface area (Å²) >= 11 is 0. The van der Waals surface area contributed by atoms with Crippen LogP contribution in [-0.4, -0.2) is 67.7 Å². The molecule has 11 nitrogen and oxygen atoms in total. The van der Waals surface area contributed by atoms with E-state index < -0.39 is 41.7 Å². The van der Waals surface area contributed by atoms with Crippen LogP contribution in [0.15, 0.2) is 69.9 Å². The summed E-state index contributed by atoms with van der Waals surface area (Å²) in [6.45, 7) is 5.12. The highest BCUT2D eigenvalue weighted by Gasteiger charge is 2.50. The lowest BCUT2D eigenvalue weighted by Crippen LogP contribution is -2.63. The van der Waals surface area contributed by atoms with Gasteiger partial charge in [-0.3, -0.25) is 4.79 Å².